The standard InChI is InChI=1S/C16H25NO3/c1-18-14-5-7-16(8-6-14)20-13-11-17-10-9-15-4-2-3-12-19-15/h5-8,15,17H,2-4,9-13H2,1H3. The molecular formula is C16H25NO3. The van der Waals surface area contributed by atoms with E-state index in [0.717, 1.165) is 37.6 Å². The van der Waals surface area contributed by atoms with Gasteiger partial charge in [0, 0.05) is 13.2 Å². The van der Waals surface area contributed by atoms with Gasteiger partial charge in [-0.3, -0.25) is 0 Å². The molecule has 1 N–H and O–H groups in total. The minimum atomic E-state index is 0.457. The third kappa shape index (κ3) is 5.39. The fraction of sp³-hybridized carbons (Fsp3) is 0.625. The molecule has 0 radical (unpaired) electrons. The molecule has 1 aliphatic rings. The molecule has 4 heteroatoms. The van der Waals surface area contributed by atoms with E-state index in [0.29, 0.717) is 12.7 Å². The van der Waals surface area contributed by atoms with Crippen LogP contribution in [0.25, 0.3) is 0 Å². The highest BCUT2D eigenvalue weighted by Gasteiger charge is 2.12. The third-order valence-electron chi connectivity index (χ3n) is 3.52. The van der Waals surface area contributed by atoms with Gasteiger partial charge in [0.2, 0.25) is 0 Å². The summed E-state index contributed by atoms with van der Waals surface area (Å²) >= 11 is 0. The van der Waals surface area contributed by atoms with Gasteiger partial charge in [-0.05, 0) is 56.5 Å². The molecule has 0 aliphatic carbocycles. The van der Waals surface area contributed by atoms with E-state index in [2.05, 4.69) is 5.32 Å². The second-order valence-corrected chi connectivity index (χ2v) is 5.05. The van der Waals surface area contributed by atoms with Gasteiger partial charge in [0.25, 0.3) is 0 Å². The molecule has 1 aromatic carbocycles. The number of benzene rings is 1. The SMILES string of the molecule is COc1ccc(OCCNCCC2CCCCO2)cc1. The van der Waals surface area contributed by atoms with Crippen LogP contribution in [-0.4, -0.2) is 39.5 Å². The quantitative estimate of drug-likeness (QED) is 0.743. The molecule has 1 aromatic rings. The first-order chi connectivity index (χ1) is 9.88. The van der Waals surface area contributed by atoms with E-state index in [1.165, 1.54) is 19.3 Å². The Hall–Kier alpha value is -1.26. The molecule has 0 spiro atoms. The van der Waals surface area contributed by atoms with Crippen molar-refractivity contribution in [2.24, 2.45) is 0 Å². The molecule has 0 bridgehead atoms. The average molecular weight is 279 g/mol. The summed E-state index contributed by atoms with van der Waals surface area (Å²) in [5.41, 5.74) is 0. The van der Waals surface area contributed by atoms with Crippen LogP contribution < -0.4 is 14.8 Å². The van der Waals surface area contributed by atoms with Gasteiger partial charge in [-0.2, -0.15) is 0 Å². The Morgan fingerprint density at radius 1 is 1.15 bits per heavy atom. The predicted octanol–water partition coefficient (Wildman–Crippen LogP) is 2.62. The summed E-state index contributed by atoms with van der Waals surface area (Å²) in [7, 11) is 1.66. The molecule has 1 aliphatic heterocycles. The van der Waals surface area contributed by atoms with Crippen molar-refractivity contribution in [1.82, 2.24) is 5.32 Å². The van der Waals surface area contributed by atoms with Gasteiger partial charge in [-0.15, -0.1) is 0 Å². The molecule has 112 valence electrons. The van der Waals surface area contributed by atoms with Crippen LogP contribution in [0, 0.1) is 0 Å². The fourth-order valence-corrected chi connectivity index (χ4v) is 2.34. The molecule has 1 heterocycles. The Morgan fingerprint density at radius 2 is 1.95 bits per heavy atom. The van der Waals surface area contributed by atoms with Crippen LogP contribution in [0.5, 0.6) is 11.5 Å². The molecule has 0 saturated carbocycles. The molecule has 1 atom stereocenters. The first-order valence-electron chi connectivity index (χ1n) is 7.47. The van der Waals surface area contributed by atoms with Crippen molar-refractivity contribution in [2.45, 2.75) is 31.8 Å². The monoisotopic (exact) mass is 279 g/mol. The summed E-state index contributed by atoms with van der Waals surface area (Å²) in [5, 5.41) is 3.40. The van der Waals surface area contributed by atoms with Gasteiger partial charge in [0.15, 0.2) is 0 Å². The summed E-state index contributed by atoms with van der Waals surface area (Å²) in [6.45, 7) is 3.47. The molecular weight excluding hydrogens is 254 g/mol. The zero-order valence-corrected chi connectivity index (χ0v) is 12.3. The first kappa shape index (κ1) is 15.1. The van der Waals surface area contributed by atoms with Crippen LogP contribution in [0.3, 0.4) is 0 Å². The molecule has 0 aromatic heterocycles. The van der Waals surface area contributed by atoms with E-state index in [1.54, 1.807) is 7.11 Å². The number of hydrogen-bond acceptors (Lipinski definition) is 4. The highest BCUT2D eigenvalue weighted by Crippen LogP contribution is 2.17. The van der Waals surface area contributed by atoms with Gasteiger partial charge in [-0.25, -0.2) is 0 Å². The maximum atomic E-state index is 5.69. The lowest BCUT2D eigenvalue weighted by Gasteiger charge is -2.22. The van der Waals surface area contributed by atoms with E-state index in [9.17, 15) is 0 Å². The van der Waals surface area contributed by atoms with Crippen molar-refractivity contribution in [1.29, 1.82) is 0 Å². The van der Waals surface area contributed by atoms with Crippen molar-refractivity contribution < 1.29 is 14.2 Å². The summed E-state index contributed by atoms with van der Waals surface area (Å²) in [6, 6.07) is 7.66. The largest absolute Gasteiger partial charge is 0.497 e. The Balaban J connectivity index is 1.50. The van der Waals surface area contributed by atoms with Crippen LogP contribution in [0.2, 0.25) is 0 Å². The number of ether oxygens (including phenoxy) is 3. The highest BCUT2D eigenvalue weighted by atomic mass is 16.5. The summed E-state index contributed by atoms with van der Waals surface area (Å²) in [5.74, 6) is 1.73. The van der Waals surface area contributed by atoms with Crippen LogP contribution in [0.15, 0.2) is 24.3 Å². The minimum absolute atomic E-state index is 0.457. The fourth-order valence-electron chi connectivity index (χ4n) is 2.34. The van der Waals surface area contributed by atoms with E-state index in [1.807, 2.05) is 24.3 Å². The normalized spacial score (nSPS) is 18.8. The number of nitrogens with one attached hydrogen (secondary N) is 1. The van der Waals surface area contributed by atoms with Gasteiger partial charge in [0.1, 0.15) is 18.1 Å². The van der Waals surface area contributed by atoms with Gasteiger partial charge < -0.3 is 19.5 Å². The summed E-state index contributed by atoms with van der Waals surface area (Å²) in [4.78, 5) is 0. The molecule has 0 amide bonds. The highest BCUT2D eigenvalue weighted by molar-refractivity contribution is 5.31. The van der Waals surface area contributed by atoms with Crippen molar-refractivity contribution in [3.63, 3.8) is 0 Å². The van der Waals surface area contributed by atoms with E-state index in [-0.39, 0.29) is 0 Å². The zero-order valence-electron chi connectivity index (χ0n) is 12.3. The maximum absolute atomic E-state index is 5.69. The lowest BCUT2D eigenvalue weighted by atomic mass is 10.1. The van der Waals surface area contributed by atoms with Crippen LogP contribution in [0.4, 0.5) is 0 Å². The zero-order chi connectivity index (χ0) is 14.0. The van der Waals surface area contributed by atoms with E-state index >= 15 is 0 Å². The van der Waals surface area contributed by atoms with Gasteiger partial charge in [0.05, 0.1) is 13.2 Å². The van der Waals surface area contributed by atoms with Crippen molar-refractivity contribution in [3.05, 3.63) is 24.3 Å². The Morgan fingerprint density at radius 3 is 2.65 bits per heavy atom. The summed E-state index contributed by atoms with van der Waals surface area (Å²) in [6.07, 6.45) is 5.30. The Kier molecular flexibility index (Phi) is 6.68. The van der Waals surface area contributed by atoms with E-state index < -0.39 is 0 Å². The Bertz CT molecular complexity index is 360. The van der Waals surface area contributed by atoms with Gasteiger partial charge >= 0.3 is 0 Å². The number of rotatable bonds is 8. The topological polar surface area (TPSA) is 39.7 Å². The molecule has 4 nitrogen and oxygen atoms in total. The molecule has 1 unspecified atom stereocenters. The maximum Gasteiger partial charge on any atom is 0.119 e. The number of hydrogen-bond donors (Lipinski definition) is 1. The second-order valence-electron chi connectivity index (χ2n) is 5.05. The van der Waals surface area contributed by atoms with Crippen LogP contribution in [0.1, 0.15) is 25.7 Å². The second kappa shape index (κ2) is 8.82. The smallest absolute Gasteiger partial charge is 0.119 e. The molecule has 1 saturated heterocycles. The lowest BCUT2D eigenvalue weighted by Crippen LogP contribution is -2.27. The molecule has 2 rings (SSSR count). The molecule has 1 fully saturated rings. The number of methoxy groups -OCH3 is 1. The Labute approximate surface area is 121 Å². The third-order valence-corrected chi connectivity index (χ3v) is 3.52. The van der Waals surface area contributed by atoms with Crippen molar-refractivity contribution in [3.8, 4) is 11.5 Å². The first-order valence-corrected chi connectivity index (χ1v) is 7.47. The van der Waals surface area contributed by atoms with Crippen molar-refractivity contribution in [2.75, 3.05) is 33.4 Å². The predicted molar refractivity (Wildman–Crippen MR) is 79.6 cm³/mol. The van der Waals surface area contributed by atoms with E-state index in [4.69, 9.17) is 14.2 Å². The molecule has 20 heavy (non-hydrogen) atoms. The van der Waals surface area contributed by atoms with Crippen LogP contribution >= 0.6 is 0 Å². The van der Waals surface area contributed by atoms with Crippen molar-refractivity contribution >= 4 is 0 Å². The van der Waals surface area contributed by atoms with Crippen LogP contribution in [-0.2, 0) is 4.74 Å². The average Bonchev–Trinajstić information content (AvgIpc) is 2.52. The summed E-state index contributed by atoms with van der Waals surface area (Å²) < 4.78 is 16.4. The lowest BCUT2D eigenvalue weighted by molar-refractivity contribution is 0.0115. The van der Waals surface area contributed by atoms with Gasteiger partial charge in [-0.1, -0.05) is 0 Å². The minimum Gasteiger partial charge on any atom is -0.497 e.